The quantitative estimate of drug-likeness (QED) is 0.622. The summed E-state index contributed by atoms with van der Waals surface area (Å²) in [6.07, 6.45) is 3.85. The number of carboxylic acids is 1. The van der Waals surface area contributed by atoms with E-state index in [1.807, 2.05) is 0 Å². The van der Waals surface area contributed by atoms with Gasteiger partial charge in [-0.3, -0.25) is 9.36 Å². The molecule has 0 radical (unpaired) electrons. The van der Waals surface area contributed by atoms with Crippen LogP contribution in [0, 0.1) is 0 Å². The molecular formula is C11H10N4O3S2. The zero-order valence-corrected chi connectivity index (χ0v) is 11.8. The molecule has 3 aliphatic rings. The second-order valence-corrected chi connectivity index (χ2v) is 6.72. The lowest BCUT2D eigenvalue weighted by Crippen LogP contribution is -2.53. The largest absolute Gasteiger partial charge is 0.479 e. The van der Waals surface area contributed by atoms with Gasteiger partial charge in [0.1, 0.15) is 12.1 Å². The number of nitrogens with zero attached hydrogens (tertiary/aromatic N) is 3. The summed E-state index contributed by atoms with van der Waals surface area (Å²) < 4.78 is 4.94. The molecule has 3 aliphatic heterocycles. The molecule has 2 fully saturated rings. The summed E-state index contributed by atoms with van der Waals surface area (Å²) in [7, 11) is 0. The highest BCUT2D eigenvalue weighted by molar-refractivity contribution is 8.04. The van der Waals surface area contributed by atoms with Gasteiger partial charge in [-0.1, -0.05) is 0 Å². The van der Waals surface area contributed by atoms with E-state index in [4.69, 9.17) is 0 Å². The third-order valence-electron chi connectivity index (χ3n) is 3.51. The fourth-order valence-electron chi connectivity index (χ4n) is 2.54. The molecule has 2 atom stereocenters. The first-order chi connectivity index (χ1) is 9.65. The maximum Gasteiger partial charge on any atom is 0.331 e. The van der Waals surface area contributed by atoms with Crippen LogP contribution in [0.2, 0.25) is 0 Å². The minimum absolute atomic E-state index is 0.0336. The number of rotatable bonds is 2. The van der Waals surface area contributed by atoms with Crippen LogP contribution in [0.1, 0.15) is 12.1 Å². The molecule has 0 aromatic carbocycles. The monoisotopic (exact) mass is 310 g/mol. The third kappa shape index (κ3) is 1.59. The van der Waals surface area contributed by atoms with E-state index in [1.54, 1.807) is 29.0 Å². The number of fused-ring (bicyclic) bond motifs is 2. The Hall–Kier alpha value is -1.61. The van der Waals surface area contributed by atoms with Crippen LogP contribution in [0.3, 0.4) is 0 Å². The van der Waals surface area contributed by atoms with Gasteiger partial charge in [-0.2, -0.15) is 0 Å². The van der Waals surface area contributed by atoms with Crippen molar-refractivity contribution in [3.05, 3.63) is 16.9 Å². The molecule has 104 valence electrons. The van der Waals surface area contributed by atoms with Gasteiger partial charge in [-0.05, 0) is 11.9 Å². The fourth-order valence-corrected chi connectivity index (χ4v) is 4.73. The van der Waals surface area contributed by atoms with Gasteiger partial charge in [0.25, 0.3) is 0 Å². The summed E-state index contributed by atoms with van der Waals surface area (Å²) in [5, 5.41) is 9.32. The molecule has 0 spiro atoms. The molecule has 2 saturated heterocycles. The SMILES string of the molecule is O=C(O)C1C(=Cn2cnc3c2NSC3)S[C@@H]2CC(=O)N12. The smallest absolute Gasteiger partial charge is 0.331 e. The van der Waals surface area contributed by atoms with Gasteiger partial charge in [-0.15, -0.1) is 11.8 Å². The summed E-state index contributed by atoms with van der Waals surface area (Å²) in [5.74, 6) is 0.600. The number of carbonyl (C=O) groups excluding carboxylic acids is 1. The van der Waals surface area contributed by atoms with Gasteiger partial charge in [0, 0.05) is 11.1 Å². The zero-order chi connectivity index (χ0) is 13.9. The molecular weight excluding hydrogens is 300 g/mol. The van der Waals surface area contributed by atoms with E-state index in [1.165, 1.54) is 16.7 Å². The van der Waals surface area contributed by atoms with E-state index in [0.29, 0.717) is 11.3 Å². The van der Waals surface area contributed by atoms with Gasteiger partial charge < -0.3 is 14.7 Å². The van der Waals surface area contributed by atoms with Crippen molar-refractivity contribution in [3.63, 3.8) is 0 Å². The van der Waals surface area contributed by atoms with Crippen molar-refractivity contribution in [1.29, 1.82) is 0 Å². The van der Waals surface area contributed by atoms with Crippen LogP contribution in [0.15, 0.2) is 11.2 Å². The van der Waals surface area contributed by atoms with Crippen molar-refractivity contribution in [1.82, 2.24) is 14.5 Å². The lowest BCUT2D eigenvalue weighted by atomic mass is 10.1. The van der Waals surface area contributed by atoms with E-state index >= 15 is 0 Å². The molecule has 2 N–H and O–H groups in total. The van der Waals surface area contributed by atoms with E-state index in [-0.39, 0.29) is 11.3 Å². The van der Waals surface area contributed by atoms with Crippen molar-refractivity contribution in [2.45, 2.75) is 23.6 Å². The Labute approximate surface area is 122 Å². The van der Waals surface area contributed by atoms with Gasteiger partial charge in [0.2, 0.25) is 5.91 Å². The van der Waals surface area contributed by atoms with E-state index in [9.17, 15) is 14.7 Å². The number of hydrogen-bond donors (Lipinski definition) is 2. The molecule has 1 aromatic rings. The first-order valence-electron chi connectivity index (χ1n) is 6.01. The minimum atomic E-state index is -0.988. The van der Waals surface area contributed by atoms with Crippen LogP contribution in [-0.4, -0.2) is 42.8 Å². The first kappa shape index (κ1) is 12.2. The van der Waals surface area contributed by atoms with Crippen LogP contribution in [0.4, 0.5) is 5.82 Å². The molecule has 9 heteroatoms. The highest BCUT2D eigenvalue weighted by Crippen LogP contribution is 2.47. The number of amides is 1. The molecule has 1 aromatic heterocycles. The molecule has 4 heterocycles. The lowest BCUT2D eigenvalue weighted by Gasteiger charge is -2.35. The van der Waals surface area contributed by atoms with Gasteiger partial charge in [0.05, 0.1) is 23.2 Å². The second kappa shape index (κ2) is 4.19. The van der Waals surface area contributed by atoms with Crippen molar-refractivity contribution >= 4 is 47.6 Å². The maximum absolute atomic E-state index is 11.5. The highest BCUT2D eigenvalue weighted by atomic mass is 32.2. The minimum Gasteiger partial charge on any atom is -0.479 e. The molecule has 4 rings (SSSR count). The second-order valence-electron chi connectivity index (χ2n) is 4.69. The molecule has 0 aliphatic carbocycles. The standard InChI is InChI=1S/C11H10N4O3S2/c16-7-1-8-15(7)9(11(17)18)6(20-8)2-14-4-12-5-3-19-13-10(5)14/h2,4,8-9,13H,1,3H2,(H,17,18)/t8-,9?/m1/s1. The lowest BCUT2D eigenvalue weighted by molar-refractivity contribution is -0.154. The molecule has 1 unspecified atom stereocenters. The van der Waals surface area contributed by atoms with Crippen LogP contribution in [0.5, 0.6) is 0 Å². The molecule has 0 saturated carbocycles. The number of carboxylic acid groups (broad SMARTS) is 1. The van der Waals surface area contributed by atoms with Crippen LogP contribution in [-0.2, 0) is 15.3 Å². The van der Waals surface area contributed by atoms with E-state index < -0.39 is 12.0 Å². The molecule has 20 heavy (non-hydrogen) atoms. The Morgan fingerprint density at radius 2 is 2.45 bits per heavy atom. The molecule has 7 nitrogen and oxygen atoms in total. The number of anilines is 1. The Morgan fingerprint density at radius 3 is 3.20 bits per heavy atom. The first-order valence-corrected chi connectivity index (χ1v) is 7.87. The predicted octanol–water partition coefficient (Wildman–Crippen LogP) is 1.01. The average molecular weight is 310 g/mol. The van der Waals surface area contributed by atoms with Gasteiger partial charge in [0.15, 0.2) is 6.04 Å². The Morgan fingerprint density at radius 1 is 1.60 bits per heavy atom. The predicted molar refractivity (Wildman–Crippen MR) is 75.7 cm³/mol. The summed E-state index contributed by atoms with van der Waals surface area (Å²) in [6, 6.07) is -0.863. The summed E-state index contributed by atoms with van der Waals surface area (Å²) in [5.41, 5.74) is 0.959. The van der Waals surface area contributed by atoms with Crippen molar-refractivity contribution in [2.24, 2.45) is 0 Å². The number of β-lactam (4-membered cyclic amide) rings is 1. The fraction of sp³-hybridized carbons (Fsp3) is 0.364. The van der Waals surface area contributed by atoms with Crippen molar-refractivity contribution in [3.8, 4) is 0 Å². The summed E-state index contributed by atoms with van der Waals surface area (Å²) in [4.78, 5) is 29.4. The summed E-state index contributed by atoms with van der Waals surface area (Å²) in [6.45, 7) is 0. The summed E-state index contributed by atoms with van der Waals surface area (Å²) >= 11 is 3.00. The van der Waals surface area contributed by atoms with E-state index in [2.05, 4.69) is 9.71 Å². The van der Waals surface area contributed by atoms with Crippen molar-refractivity contribution < 1.29 is 14.7 Å². The number of aliphatic carboxylic acids is 1. The number of imidazole rings is 1. The number of carbonyl (C=O) groups is 2. The van der Waals surface area contributed by atoms with Gasteiger partial charge >= 0.3 is 5.97 Å². The van der Waals surface area contributed by atoms with Crippen LogP contribution >= 0.6 is 23.7 Å². The zero-order valence-electron chi connectivity index (χ0n) is 10.1. The molecule has 1 amide bonds. The number of aromatic nitrogens is 2. The Bertz CT molecular complexity index is 656. The number of nitrogens with one attached hydrogen (secondary N) is 1. The highest BCUT2D eigenvalue weighted by Gasteiger charge is 2.52. The average Bonchev–Trinajstić information content (AvgIpc) is 3.04. The van der Waals surface area contributed by atoms with Crippen molar-refractivity contribution in [2.75, 3.05) is 4.72 Å². The van der Waals surface area contributed by atoms with Crippen LogP contribution < -0.4 is 4.72 Å². The maximum atomic E-state index is 11.5. The molecule has 0 bridgehead atoms. The van der Waals surface area contributed by atoms with Gasteiger partial charge in [-0.25, -0.2) is 9.78 Å². The topological polar surface area (TPSA) is 87.5 Å². The normalized spacial score (nSPS) is 29.1. The number of thioether (sulfide) groups is 1. The number of hydrogen-bond acceptors (Lipinski definition) is 6. The Kier molecular flexibility index (Phi) is 2.55. The van der Waals surface area contributed by atoms with Crippen LogP contribution in [0.25, 0.3) is 6.20 Å². The Balaban J connectivity index is 1.71. The van der Waals surface area contributed by atoms with E-state index in [0.717, 1.165) is 17.3 Å². The third-order valence-corrected chi connectivity index (χ3v) is 5.54.